The first kappa shape index (κ1) is 12.5. The Morgan fingerprint density at radius 2 is 1.87 bits per heavy atom. The van der Waals surface area contributed by atoms with Crippen molar-refractivity contribution < 1.29 is 4.79 Å². The lowest BCUT2D eigenvalue weighted by Crippen LogP contribution is -2.53. The van der Waals surface area contributed by atoms with E-state index >= 15 is 0 Å². The lowest BCUT2D eigenvalue weighted by atomic mass is 9.81. The molecule has 0 saturated carbocycles. The zero-order valence-corrected chi connectivity index (χ0v) is 9.88. The fourth-order valence-corrected chi connectivity index (χ4v) is 2.13. The fraction of sp³-hybridized carbons (Fsp3) is 0.909. The maximum atomic E-state index is 12.3. The second-order valence-corrected chi connectivity index (χ2v) is 4.23. The second-order valence-electron chi connectivity index (χ2n) is 4.23. The summed E-state index contributed by atoms with van der Waals surface area (Å²) in [5, 5.41) is 3.25. The zero-order chi connectivity index (χ0) is 11.3. The first-order valence-corrected chi connectivity index (χ1v) is 5.90. The topological polar surface area (TPSA) is 58.4 Å². The highest BCUT2D eigenvalue weighted by molar-refractivity contribution is 5.83. The van der Waals surface area contributed by atoms with E-state index in [1.807, 2.05) is 4.90 Å². The molecule has 0 bridgehead atoms. The first-order chi connectivity index (χ1) is 7.20. The summed E-state index contributed by atoms with van der Waals surface area (Å²) in [5.41, 5.74) is 5.45. The number of nitrogens with two attached hydrogens (primary N) is 1. The van der Waals surface area contributed by atoms with Gasteiger partial charge in [-0.05, 0) is 12.8 Å². The van der Waals surface area contributed by atoms with Crippen LogP contribution in [0.3, 0.4) is 0 Å². The summed E-state index contributed by atoms with van der Waals surface area (Å²) in [6, 6.07) is 0. The van der Waals surface area contributed by atoms with Gasteiger partial charge in [-0.15, -0.1) is 0 Å². The van der Waals surface area contributed by atoms with Gasteiger partial charge in [-0.1, -0.05) is 13.8 Å². The average Bonchev–Trinajstić information content (AvgIpc) is 2.33. The normalized spacial score (nSPS) is 17.9. The van der Waals surface area contributed by atoms with Crippen molar-refractivity contribution in [2.24, 2.45) is 11.1 Å². The molecule has 0 aromatic heterocycles. The van der Waals surface area contributed by atoms with Crippen LogP contribution in [0, 0.1) is 5.41 Å². The summed E-state index contributed by atoms with van der Waals surface area (Å²) in [6.45, 7) is 8.01. The number of carbonyl (C=O) groups is 1. The van der Waals surface area contributed by atoms with E-state index in [1.54, 1.807) is 0 Å². The van der Waals surface area contributed by atoms with E-state index in [2.05, 4.69) is 19.2 Å². The average molecular weight is 213 g/mol. The monoisotopic (exact) mass is 213 g/mol. The Labute approximate surface area is 92.2 Å². The molecule has 1 saturated heterocycles. The van der Waals surface area contributed by atoms with Gasteiger partial charge in [-0.3, -0.25) is 4.79 Å². The molecule has 0 radical (unpaired) electrons. The highest BCUT2D eigenvalue weighted by atomic mass is 16.2. The molecule has 15 heavy (non-hydrogen) atoms. The van der Waals surface area contributed by atoms with Crippen LogP contribution in [0.2, 0.25) is 0 Å². The lowest BCUT2D eigenvalue weighted by molar-refractivity contribution is -0.142. The van der Waals surface area contributed by atoms with Gasteiger partial charge in [0.2, 0.25) is 5.91 Å². The van der Waals surface area contributed by atoms with Gasteiger partial charge < -0.3 is 16.0 Å². The summed E-state index contributed by atoms with van der Waals surface area (Å²) in [7, 11) is 0. The van der Waals surface area contributed by atoms with Gasteiger partial charge in [-0.2, -0.15) is 0 Å². The minimum Gasteiger partial charge on any atom is -0.340 e. The number of rotatable bonds is 4. The van der Waals surface area contributed by atoms with E-state index < -0.39 is 0 Å². The maximum Gasteiger partial charge on any atom is 0.230 e. The minimum atomic E-state index is -0.322. The molecule has 88 valence electrons. The number of nitrogens with zero attached hydrogens (tertiary/aromatic N) is 1. The molecule has 0 aliphatic carbocycles. The Balaban J connectivity index is 2.70. The van der Waals surface area contributed by atoms with E-state index in [1.165, 1.54) is 0 Å². The first-order valence-electron chi connectivity index (χ1n) is 5.90. The fourth-order valence-electron chi connectivity index (χ4n) is 2.13. The van der Waals surface area contributed by atoms with E-state index in [0.29, 0.717) is 6.54 Å². The molecule has 0 unspecified atom stereocenters. The van der Waals surface area contributed by atoms with Crippen molar-refractivity contribution in [3.8, 4) is 0 Å². The lowest BCUT2D eigenvalue weighted by Gasteiger charge is -2.37. The SMILES string of the molecule is CCC(CC)(CN)C(=O)N1CCNCC1. The predicted octanol–water partition coefficient (Wildman–Crippen LogP) is 0.183. The summed E-state index contributed by atoms with van der Waals surface area (Å²) in [6.07, 6.45) is 1.67. The summed E-state index contributed by atoms with van der Waals surface area (Å²) in [5.74, 6) is 0.247. The van der Waals surface area contributed by atoms with E-state index in [9.17, 15) is 4.79 Å². The maximum absolute atomic E-state index is 12.3. The summed E-state index contributed by atoms with van der Waals surface area (Å²) < 4.78 is 0. The smallest absolute Gasteiger partial charge is 0.230 e. The highest BCUT2D eigenvalue weighted by Crippen LogP contribution is 2.27. The van der Waals surface area contributed by atoms with Gasteiger partial charge in [0.1, 0.15) is 0 Å². The highest BCUT2D eigenvalue weighted by Gasteiger charge is 2.36. The van der Waals surface area contributed by atoms with Crippen molar-refractivity contribution in [3.05, 3.63) is 0 Å². The molecular weight excluding hydrogens is 190 g/mol. The van der Waals surface area contributed by atoms with Crippen LogP contribution in [0.4, 0.5) is 0 Å². The van der Waals surface area contributed by atoms with Gasteiger partial charge in [0.15, 0.2) is 0 Å². The van der Waals surface area contributed by atoms with E-state index in [4.69, 9.17) is 5.73 Å². The molecule has 0 aromatic rings. The van der Waals surface area contributed by atoms with Crippen LogP contribution in [0.5, 0.6) is 0 Å². The Bertz CT molecular complexity index is 200. The van der Waals surface area contributed by atoms with Crippen molar-refractivity contribution >= 4 is 5.91 Å². The van der Waals surface area contributed by atoms with Crippen LogP contribution in [-0.4, -0.2) is 43.5 Å². The van der Waals surface area contributed by atoms with Gasteiger partial charge in [0.05, 0.1) is 5.41 Å². The quantitative estimate of drug-likeness (QED) is 0.700. The molecule has 4 nitrogen and oxygen atoms in total. The number of amides is 1. The molecule has 1 aliphatic heterocycles. The summed E-state index contributed by atoms with van der Waals surface area (Å²) >= 11 is 0. The van der Waals surface area contributed by atoms with Gasteiger partial charge >= 0.3 is 0 Å². The number of nitrogens with one attached hydrogen (secondary N) is 1. The van der Waals surface area contributed by atoms with Crippen LogP contribution in [0.1, 0.15) is 26.7 Å². The summed E-state index contributed by atoms with van der Waals surface area (Å²) in [4.78, 5) is 14.3. The second kappa shape index (κ2) is 5.47. The molecule has 1 heterocycles. The molecule has 0 aromatic carbocycles. The van der Waals surface area contributed by atoms with E-state index in [0.717, 1.165) is 39.0 Å². The zero-order valence-electron chi connectivity index (χ0n) is 9.88. The predicted molar refractivity (Wildman–Crippen MR) is 61.5 cm³/mol. The van der Waals surface area contributed by atoms with Crippen molar-refractivity contribution in [3.63, 3.8) is 0 Å². The molecule has 1 aliphatic rings. The Kier molecular flexibility index (Phi) is 4.54. The number of piperazine rings is 1. The molecule has 3 N–H and O–H groups in total. The van der Waals surface area contributed by atoms with Crippen LogP contribution in [0.15, 0.2) is 0 Å². The standard InChI is InChI=1S/C11H23N3O/c1-3-11(4-2,9-12)10(15)14-7-5-13-6-8-14/h13H,3-9,12H2,1-2H3. The molecule has 1 rings (SSSR count). The molecule has 4 heteroatoms. The third-order valence-corrected chi connectivity index (χ3v) is 3.60. The third-order valence-electron chi connectivity index (χ3n) is 3.60. The van der Waals surface area contributed by atoms with Crippen molar-refractivity contribution in [1.82, 2.24) is 10.2 Å². The van der Waals surface area contributed by atoms with Crippen molar-refractivity contribution in [2.45, 2.75) is 26.7 Å². The number of carbonyl (C=O) groups excluding carboxylic acids is 1. The number of hydrogen-bond acceptors (Lipinski definition) is 3. The van der Waals surface area contributed by atoms with Gasteiger partial charge in [0, 0.05) is 32.7 Å². The Morgan fingerprint density at radius 3 is 2.27 bits per heavy atom. The van der Waals surface area contributed by atoms with Crippen LogP contribution < -0.4 is 11.1 Å². The minimum absolute atomic E-state index is 0.247. The number of hydrogen-bond donors (Lipinski definition) is 2. The van der Waals surface area contributed by atoms with E-state index in [-0.39, 0.29) is 11.3 Å². The Hall–Kier alpha value is -0.610. The van der Waals surface area contributed by atoms with Crippen molar-refractivity contribution in [2.75, 3.05) is 32.7 Å². The Morgan fingerprint density at radius 1 is 1.33 bits per heavy atom. The van der Waals surface area contributed by atoms with Gasteiger partial charge in [-0.25, -0.2) is 0 Å². The molecule has 0 atom stereocenters. The van der Waals surface area contributed by atoms with Crippen LogP contribution >= 0.6 is 0 Å². The molecule has 1 fully saturated rings. The molecule has 0 spiro atoms. The van der Waals surface area contributed by atoms with Gasteiger partial charge in [0.25, 0.3) is 0 Å². The largest absolute Gasteiger partial charge is 0.340 e. The molecule has 1 amide bonds. The van der Waals surface area contributed by atoms with Crippen LogP contribution in [0.25, 0.3) is 0 Å². The van der Waals surface area contributed by atoms with Crippen LogP contribution in [-0.2, 0) is 4.79 Å². The molecular formula is C11H23N3O. The van der Waals surface area contributed by atoms with Crippen molar-refractivity contribution in [1.29, 1.82) is 0 Å². The third kappa shape index (κ3) is 2.49.